The number of rotatable bonds is 2. The van der Waals surface area contributed by atoms with E-state index in [1.165, 1.54) is 4.79 Å². The van der Waals surface area contributed by atoms with E-state index in [0.717, 1.165) is 24.6 Å². The van der Waals surface area contributed by atoms with Gasteiger partial charge in [-0.3, -0.25) is 4.52 Å². The van der Waals surface area contributed by atoms with E-state index in [4.69, 9.17) is 5.73 Å². The van der Waals surface area contributed by atoms with E-state index in [-0.39, 0.29) is 11.7 Å². The normalized spacial score (nSPS) is 17.0. The van der Waals surface area contributed by atoms with Crippen molar-refractivity contribution < 1.29 is 9.31 Å². The SMILES string of the molecule is Nc1on[n+](N2CCSCC2)c1N=O. The Labute approximate surface area is 84.1 Å². The third-order valence-corrected chi connectivity index (χ3v) is 2.91. The molecule has 0 unspecified atom stereocenters. The van der Waals surface area contributed by atoms with Crippen LogP contribution in [0.3, 0.4) is 0 Å². The van der Waals surface area contributed by atoms with Crippen LogP contribution >= 0.6 is 11.8 Å². The van der Waals surface area contributed by atoms with E-state index >= 15 is 0 Å². The molecule has 0 amide bonds. The monoisotopic (exact) mass is 216 g/mol. The molecule has 1 aliphatic heterocycles. The molecule has 1 aromatic rings. The number of nitrogens with zero attached hydrogens (tertiary/aromatic N) is 4. The highest BCUT2D eigenvalue weighted by Gasteiger charge is 2.29. The molecule has 0 saturated carbocycles. The van der Waals surface area contributed by atoms with Gasteiger partial charge < -0.3 is 5.73 Å². The molecule has 8 heteroatoms. The van der Waals surface area contributed by atoms with Crippen LogP contribution < -0.4 is 15.5 Å². The molecule has 2 N–H and O–H groups in total. The number of hydrogen-bond acceptors (Lipinski definition) is 7. The summed E-state index contributed by atoms with van der Waals surface area (Å²) in [5, 5.41) is 8.32. The van der Waals surface area contributed by atoms with E-state index in [1.807, 2.05) is 16.8 Å². The van der Waals surface area contributed by atoms with Gasteiger partial charge in [0.05, 0.1) is 13.1 Å². The molecule has 2 rings (SSSR count). The number of nitroso groups, excluding NO2 is 1. The van der Waals surface area contributed by atoms with Crippen molar-refractivity contribution in [3.05, 3.63) is 4.91 Å². The molecule has 7 nitrogen and oxygen atoms in total. The molecule has 1 aliphatic rings. The zero-order valence-corrected chi connectivity index (χ0v) is 8.24. The van der Waals surface area contributed by atoms with Crippen LogP contribution in [-0.4, -0.2) is 29.9 Å². The third kappa shape index (κ3) is 1.52. The lowest BCUT2D eigenvalue weighted by Gasteiger charge is -2.21. The average Bonchev–Trinajstić information content (AvgIpc) is 2.61. The van der Waals surface area contributed by atoms with Crippen molar-refractivity contribution in [2.75, 3.05) is 35.3 Å². The fourth-order valence-electron chi connectivity index (χ4n) is 1.27. The van der Waals surface area contributed by atoms with Gasteiger partial charge in [-0.2, -0.15) is 11.8 Å². The highest BCUT2D eigenvalue weighted by molar-refractivity contribution is 7.99. The summed E-state index contributed by atoms with van der Waals surface area (Å²) in [6.07, 6.45) is 0. The molecular weight excluding hydrogens is 206 g/mol. The number of anilines is 1. The molecule has 1 fully saturated rings. The topological polar surface area (TPSA) is 88.6 Å². The van der Waals surface area contributed by atoms with Crippen molar-refractivity contribution in [3.8, 4) is 0 Å². The summed E-state index contributed by atoms with van der Waals surface area (Å²) in [7, 11) is 0. The lowest BCUT2D eigenvalue weighted by Crippen LogP contribution is -2.62. The van der Waals surface area contributed by atoms with Gasteiger partial charge in [-0.1, -0.05) is 0 Å². The summed E-state index contributed by atoms with van der Waals surface area (Å²) >= 11 is 1.86. The van der Waals surface area contributed by atoms with Crippen LogP contribution in [0.5, 0.6) is 0 Å². The molecule has 1 saturated heterocycles. The largest absolute Gasteiger partial charge is 0.484 e. The first kappa shape index (κ1) is 9.25. The molecule has 0 atom stereocenters. The van der Waals surface area contributed by atoms with Crippen molar-refractivity contribution in [2.45, 2.75) is 0 Å². The molecule has 1 aromatic heterocycles. The summed E-state index contributed by atoms with van der Waals surface area (Å²) in [5.41, 5.74) is 5.38. The summed E-state index contributed by atoms with van der Waals surface area (Å²) in [5.74, 6) is 1.99. The maximum atomic E-state index is 10.5. The Balaban J connectivity index is 2.25. The van der Waals surface area contributed by atoms with E-state index in [0.29, 0.717) is 0 Å². The van der Waals surface area contributed by atoms with Gasteiger partial charge in [-0.05, 0) is 4.91 Å². The Bertz CT molecular complexity index is 335. The molecule has 0 radical (unpaired) electrons. The van der Waals surface area contributed by atoms with Crippen LogP contribution in [0.15, 0.2) is 9.70 Å². The van der Waals surface area contributed by atoms with Crippen molar-refractivity contribution >= 4 is 23.5 Å². The predicted molar refractivity (Wildman–Crippen MR) is 51.8 cm³/mol. The van der Waals surface area contributed by atoms with Gasteiger partial charge in [0.15, 0.2) is 0 Å². The predicted octanol–water partition coefficient (Wildman–Crippen LogP) is -0.373. The molecule has 2 heterocycles. The van der Waals surface area contributed by atoms with E-state index < -0.39 is 0 Å². The number of thioether (sulfide) groups is 1. The Morgan fingerprint density at radius 3 is 2.93 bits per heavy atom. The third-order valence-electron chi connectivity index (χ3n) is 1.97. The fourth-order valence-corrected chi connectivity index (χ4v) is 2.15. The maximum absolute atomic E-state index is 10.5. The standard InChI is InChI=1S/C6H9N5O2S/c7-5-6(8-12)11(9-13-5)10-1-3-14-4-2-10/h1-4H2,(H-,7,9,12)/p+1. The van der Waals surface area contributed by atoms with Gasteiger partial charge in [-0.25, -0.2) is 5.01 Å². The van der Waals surface area contributed by atoms with Gasteiger partial charge in [-0.15, -0.1) is 0 Å². The smallest absolute Gasteiger partial charge is 0.360 e. The van der Waals surface area contributed by atoms with E-state index in [2.05, 4.69) is 15.0 Å². The lowest BCUT2D eigenvalue weighted by atomic mass is 10.6. The molecule has 0 aliphatic carbocycles. The summed E-state index contributed by atoms with van der Waals surface area (Å²) in [6, 6.07) is 0. The van der Waals surface area contributed by atoms with E-state index in [1.54, 1.807) is 0 Å². The van der Waals surface area contributed by atoms with Crippen LogP contribution in [0.4, 0.5) is 11.7 Å². The Morgan fingerprint density at radius 2 is 2.29 bits per heavy atom. The molecule has 14 heavy (non-hydrogen) atoms. The first-order valence-electron chi connectivity index (χ1n) is 4.16. The quantitative estimate of drug-likeness (QED) is 0.536. The number of aromatic nitrogens is 2. The van der Waals surface area contributed by atoms with Gasteiger partial charge in [0, 0.05) is 16.3 Å². The van der Waals surface area contributed by atoms with Crippen molar-refractivity contribution in [3.63, 3.8) is 0 Å². The van der Waals surface area contributed by atoms with Crippen LogP contribution in [-0.2, 0) is 0 Å². The van der Waals surface area contributed by atoms with Gasteiger partial charge >= 0.3 is 11.7 Å². The van der Waals surface area contributed by atoms with Crippen molar-refractivity contribution in [2.24, 2.45) is 5.18 Å². The van der Waals surface area contributed by atoms with Crippen LogP contribution in [0.2, 0.25) is 0 Å². The second-order valence-corrected chi connectivity index (χ2v) is 4.03. The lowest BCUT2D eigenvalue weighted by molar-refractivity contribution is -0.746. The molecular formula is C6H10N5O2S+. The van der Waals surface area contributed by atoms with Crippen molar-refractivity contribution in [1.29, 1.82) is 0 Å². The highest BCUT2D eigenvalue weighted by Crippen LogP contribution is 2.15. The first-order chi connectivity index (χ1) is 6.83. The number of nitrogen functional groups attached to an aromatic ring is 1. The molecule has 0 spiro atoms. The summed E-state index contributed by atoms with van der Waals surface area (Å²) in [4.78, 5) is 11.8. The van der Waals surface area contributed by atoms with Crippen LogP contribution in [0.1, 0.15) is 0 Å². The van der Waals surface area contributed by atoms with Crippen LogP contribution in [0, 0.1) is 4.91 Å². The second kappa shape index (κ2) is 3.82. The summed E-state index contributed by atoms with van der Waals surface area (Å²) in [6.45, 7) is 1.62. The fraction of sp³-hybridized carbons (Fsp3) is 0.667. The Kier molecular flexibility index (Phi) is 2.53. The molecule has 0 bridgehead atoms. The van der Waals surface area contributed by atoms with Crippen LogP contribution in [0.25, 0.3) is 0 Å². The molecule has 76 valence electrons. The average molecular weight is 216 g/mol. The summed E-state index contributed by atoms with van der Waals surface area (Å²) < 4.78 is 4.69. The van der Waals surface area contributed by atoms with E-state index in [9.17, 15) is 4.91 Å². The maximum Gasteiger partial charge on any atom is 0.484 e. The minimum atomic E-state index is -0.0433. The zero-order chi connectivity index (χ0) is 9.97. The highest BCUT2D eigenvalue weighted by atomic mass is 32.2. The van der Waals surface area contributed by atoms with Crippen molar-refractivity contribution in [1.82, 2.24) is 5.27 Å². The Hall–Kier alpha value is -1.31. The zero-order valence-electron chi connectivity index (χ0n) is 7.42. The Morgan fingerprint density at radius 1 is 1.57 bits per heavy atom. The second-order valence-electron chi connectivity index (χ2n) is 2.81. The minimum absolute atomic E-state index is 0.0388. The van der Waals surface area contributed by atoms with Gasteiger partial charge in [0.25, 0.3) is 0 Å². The minimum Gasteiger partial charge on any atom is -0.360 e. The molecule has 0 aromatic carbocycles. The van der Waals surface area contributed by atoms with Gasteiger partial charge in [0.2, 0.25) is 5.18 Å². The van der Waals surface area contributed by atoms with Gasteiger partial charge in [0.1, 0.15) is 5.27 Å². The first-order valence-corrected chi connectivity index (χ1v) is 5.32. The number of hydrogen-bond donors (Lipinski definition) is 1. The number of nitrogens with two attached hydrogens (primary N) is 1.